The topological polar surface area (TPSA) is 82.2 Å². The lowest BCUT2D eigenvalue weighted by Gasteiger charge is -2.12. The maximum absolute atomic E-state index is 12.5. The molecule has 0 aliphatic carbocycles. The van der Waals surface area contributed by atoms with Crippen LogP contribution in [0.5, 0.6) is 5.75 Å². The summed E-state index contributed by atoms with van der Waals surface area (Å²) >= 11 is 0. The number of hydrogen-bond acceptors (Lipinski definition) is 5. The zero-order valence-electron chi connectivity index (χ0n) is 15.9. The van der Waals surface area contributed by atoms with Crippen LogP contribution in [-0.2, 0) is 13.2 Å². The van der Waals surface area contributed by atoms with Crippen molar-refractivity contribution in [2.75, 3.05) is 6.54 Å². The fourth-order valence-corrected chi connectivity index (χ4v) is 2.82. The normalized spacial score (nSPS) is 10.8. The Bertz CT molecular complexity index is 894. The van der Waals surface area contributed by atoms with E-state index in [1.807, 2.05) is 39.1 Å². The number of nitrogens with one attached hydrogen (secondary N) is 1. The molecule has 2 aromatic heterocycles. The maximum atomic E-state index is 12.5. The Hall–Kier alpha value is -3.09. The predicted octanol–water partition coefficient (Wildman–Crippen LogP) is 3.20. The third kappa shape index (κ3) is 4.55. The molecule has 2 heterocycles. The highest BCUT2D eigenvalue weighted by Crippen LogP contribution is 2.21. The zero-order chi connectivity index (χ0) is 19.2. The van der Waals surface area contributed by atoms with E-state index in [1.165, 1.54) is 0 Å². The standard InChI is InChI=1S/C20H24N4O3/c1-14-18(15(2)27-23-14)13-26-19-8-5-4-7-17(19)20(25)22-9-6-11-24-12-10-21-16(24)3/h4-5,7-8,10,12H,6,9,11,13H2,1-3H3,(H,22,25). The SMILES string of the molecule is Cc1noc(C)c1COc1ccccc1C(=O)NCCCn1ccnc1C. The van der Waals surface area contributed by atoms with Crippen molar-refractivity contribution in [3.8, 4) is 5.75 Å². The molecule has 0 bridgehead atoms. The molecule has 0 aliphatic heterocycles. The molecule has 1 aromatic carbocycles. The van der Waals surface area contributed by atoms with Gasteiger partial charge in [-0.15, -0.1) is 0 Å². The van der Waals surface area contributed by atoms with E-state index in [0.717, 1.165) is 35.8 Å². The second kappa shape index (κ2) is 8.53. The summed E-state index contributed by atoms with van der Waals surface area (Å²) in [7, 11) is 0. The fraction of sp³-hybridized carbons (Fsp3) is 0.350. The van der Waals surface area contributed by atoms with Gasteiger partial charge in [-0.25, -0.2) is 4.98 Å². The molecule has 3 rings (SSSR count). The number of hydrogen-bond donors (Lipinski definition) is 1. The zero-order valence-corrected chi connectivity index (χ0v) is 15.9. The van der Waals surface area contributed by atoms with Gasteiger partial charge in [-0.3, -0.25) is 4.79 Å². The molecular weight excluding hydrogens is 344 g/mol. The van der Waals surface area contributed by atoms with Crippen LogP contribution in [0.4, 0.5) is 0 Å². The van der Waals surface area contributed by atoms with Crippen LogP contribution in [0.1, 0.15) is 39.6 Å². The molecule has 0 fully saturated rings. The number of ether oxygens (including phenoxy) is 1. The van der Waals surface area contributed by atoms with Gasteiger partial charge in [-0.2, -0.15) is 0 Å². The van der Waals surface area contributed by atoms with E-state index in [4.69, 9.17) is 9.26 Å². The summed E-state index contributed by atoms with van der Waals surface area (Å²) in [5.74, 6) is 2.09. The maximum Gasteiger partial charge on any atom is 0.255 e. The Morgan fingerprint density at radius 1 is 1.26 bits per heavy atom. The summed E-state index contributed by atoms with van der Waals surface area (Å²) in [5.41, 5.74) is 2.22. The summed E-state index contributed by atoms with van der Waals surface area (Å²) in [6.45, 7) is 7.39. The number of rotatable bonds is 8. The van der Waals surface area contributed by atoms with Gasteiger partial charge in [0.05, 0.1) is 16.8 Å². The number of amides is 1. The first-order valence-corrected chi connectivity index (χ1v) is 8.95. The van der Waals surface area contributed by atoms with Gasteiger partial charge in [0.25, 0.3) is 5.91 Å². The molecule has 142 valence electrons. The van der Waals surface area contributed by atoms with Gasteiger partial charge in [0, 0.05) is 25.5 Å². The molecule has 0 saturated carbocycles. The van der Waals surface area contributed by atoms with Crippen molar-refractivity contribution in [3.05, 3.63) is 65.1 Å². The first kappa shape index (κ1) is 18.7. The van der Waals surface area contributed by atoms with Crippen LogP contribution in [0.15, 0.2) is 41.2 Å². The minimum absolute atomic E-state index is 0.147. The summed E-state index contributed by atoms with van der Waals surface area (Å²) in [6.07, 6.45) is 4.54. The van der Waals surface area contributed by atoms with Crippen molar-refractivity contribution in [3.63, 3.8) is 0 Å². The number of benzene rings is 1. The summed E-state index contributed by atoms with van der Waals surface area (Å²) in [5, 5.41) is 6.88. The second-order valence-corrected chi connectivity index (χ2v) is 6.36. The summed E-state index contributed by atoms with van der Waals surface area (Å²) < 4.78 is 13.1. The molecule has 0 saturated heterocycles. The van der Waals surface area contributed by atoms with Crippen LogP contribution < -0.4 is 10.1 Å². The van der Waals surface area contributed by atoms with Crippen molar-refractivity contribution in [1.82, 2.24) is 20.0 Å². The number of nitrogens with zero attached hydrogens (tertiary/aromatic N) is 3. The number of carbonyl (C=O) groups is 1. The second-order valence-electron chi connectivity index (χ2n) is 6.36. The van der Waals surface area contributed by atoms with Gasteiger partial charge < -0.3 is 19.1 Å². The molecule has 27 heavy (non-hydrogen) atoms. The third-order valence-corrected chi connectivity index (χ3v) is 4.47. The fourth-order valence-electron chi connectivity index (χ4n) is 2.82. The van der Waals surface area contributed by atoms with E-state index < -0.39 is 0 Å². The van der Waals surface area contributed by atoms with Crippen molar-refractivity contribution in [2.24, 2.45) is 0 Å². The van der Waals surface area contributed by atoms with E-state index in [2.05, 4.69) is 20.0 Å². The average Bonchev–Trinajstić information content (AvgIpc) is 3.22. The molecular formula is C20H24N4O3. The van der Waals surface area contributed by atoms with Crippen molar-refractivity contribution in [1.29, 1.82) is 0 Å². The highest BCUT2D eigenvalue weighted by atomic mass is 16.5. The molecule has 7 nitrogen and oxygen atoms in total. The van der Waals surface area contributed by atoms with Crippen molar-refractivity contribution < 1.29 is 14.1 Å². The Kier molecular flexibility index (Phi) is 5.90. The van der Waals surface area contributed by atoms with Gasteiger partial charge in [0.1, 0.15) is 23.9 Å². The van der Waals surface area contributed by atoms with Crippen LogP contribution in [0, 0.1) is 20.8 Å². The van der Waals surface area contributed by atoms with E-state index in [9.17, 15) is 4.79 Å². The first-order chi connectivity index (χ1) is 13.1. The number of aromatic nitrogens is 3. The van der Waals surface area contributed by atoms with Gasteiger partial charge in [-0.05, 0) is 39.3 Å². The Balaban J connectivity index is 1.56. The quantitative estimate of drug-likeness (QED) is 0.618. The third-order valence-electron chi connectivity index (χ3n) is 4.47. The van der Waals surface area contributed by atoms with Crippen molar-refractivity contribution in [2.45, 2.75) is 40.3 Å². The average molecular weight is 368 g/mol. The summed E-state index contributed by atoms with van der Waals surface area (Å²) in [4.78, 5) is 16.7. The van der Waals surface area contributed by atoms with Crippen LogP contribution in [0.3, 0.4) is 0 Å². The van der Waals surface area contributed by atoms with Crippen LogP contribution >= 0.6 is 0 Å². The molecule has 0 unspecified atom stereocenters. The molecule has 0 aliphatic rings. The van der Waals surface area contributed by atoms with E-state index in [0.29, 0.717) is 24.5 Å². The lowest BCUT2D eigenvalue weighted by molar-refractivity contribution is 0.0948. The predicted molar refractivity (Wildman–Crippen MR) is 101 cm³/mol. The molecule has 0 spiro atoms. The van der Waals surface area contributed by atoms with Gasteiger partial charge in [-0.1, -0.05) is 17.3 Å². The number of imidazole rings is 1. The minimum atomic E-state index is -0.147. The van der Waals surface area contributed by atoms with Gasteiger partial charge >= 0.3 is 0 Å². The van der Waals surface area contributed by atoms with Gasteiger partial charge in [0.2, 0.25) is 0 Å². The first-order valence-electron chi connectivity index (χ1n) is 8.95. The number of carbonyl (C=O) groups excluding carboxylic acids is 1. The monoisotopic (exact) mass is 368 g/mol. The van der Waals surface area contributed by atoms with Crippen molar-refractivity contribution >= 4 is 5.91 Å². The Labute approximate surface area is 158 Å². The Morgan fingerprint density at radius 2 is 2.07 bits per heavy atom. The van der Waals surface area contributed by atoms with Crippen LogP contribution in [-0.4, -0.2) is 27.2 Å². The molecule has 1 amide bonds. The molecule has 7 heteroatoms. The summed E-state index contributed by atoms with van der Waals surface area (Å²) in [6, 6.07) is 7.23. The number of aryl methyl sites for hydroxylation is 4. The Morgan fingerprint density at radius 3 is 2.78 bits per heavy atom. The largest absolute Gasteiger partial charge is 0.488 e. The van der Waals surface area contributed by atoms with Crippen LogP contribution in [0.25, 0.3) is 0 Å². The smallest absolute Gasteiger partial charge is 0.255 e. The van der Waals surface area contributed by atoms with Gasteiger partial charge in [0.15, 0.2) is 0 Å². The molecule has 1 N–H and O–H groups in total. The lowest BCUT2D eigenvalue weighted by Crippen LogP contribution is -2.25. The van der Waals surface area contributed by atoms with E-state index in [1.54, 1.807) is 18.3 Å². The van der Waals surface area contributed by atoms with E-state index >= 15 is 0 Å². The lowest BCUT2D eigenvalue weighted by atomic mass is 10.1. The highest BCUT2D eigenvalue weighted by Gasteiger charge is 2.14. The van der Waals surface area contributed by atoms with Crippen LogP contribution in [0.2, 0.25) is 0 Å². The van der Waals surface area contributed by atoms with E-state index in [-0.39, 0.29) is 5.91 Å². The molecule has 0 atom stereocenters. The number of para-hydroxylation sites is 1. The molecule has 3 aromatic rings. The highest BCUT2D eigenvalue weighted by molar-refractivity contribution is 5.96. The molecule has 0 radical (unpaired) electrons. The minimum Gasteiger partial charge on any atom is -0.488 e.